The molecule has 7 rings (SSSR count). The Hall–Kier alpha value is -3.43. The summed E-state index contributed by atoms with van der Waals surface area (Å²) in [6, 6.07) is 11.2. The van der Waals surface area contributed by atoms with Crippen molar-refractivity contribution in [3.63, 3.8) is 0 Å². The molecule has 0 saturated heterocycles. The Morgan fingerprint density at radius 3 is 2.58 bits per heavy atom. The monoisotopic (exact) mass is 490 g/mol. The Bertz CT molecular complexity index is 1510. The number of halogens is 2. The topological polar surface area (TPSA) is 93.3 Å². The Kier molecular flexibility index (Phi) is 4.43. The molecule has 184 valence electrons. The molecular weight excluding hydrogens is 466 g/mol. The predicted molar refractivity (Wildman–Crippen MR) is 127 cm³/mol. The number of alkyl halides is 2. The van der Waals surface area contributed by atoms with Gasteiger partial charge in [0, 0.05) is 42.3 Å². The van der Waals surface area contributed by atoms with Gasteiger partial charge in [0.2, 0.25) is 0 Å². The highest BCUT2D eigenvalue weighted by Crippen LogP contribution is 2.52. The van der Waals surface area contributed by atoms with Gasteiger partial charge in [0.1, 0.15) is 17.2 Å². The Balaban J connectivity index is 1.28. The molecular formula is C27H24F2N4O3. The minimum absolute atomic E-state index is 0.122. The normalized spacial score (nSPS) is 28.2. The molecule has 2 aliphatic carbocycles. The quantitative estimate of drug-likeness (QED) is 0.439. The zero-order chi connectivity index (χ0) is 24.8. The summed E-state index contributed by atoms with van der Waals surface area (Å²) in [7, 11) is 0. The maximum Gasteiger partial charge on any atom is 0.387 e. The van der Waals surface area contributed by atoms with Crippen molar-refractivity contribution in [3.05, 3.63) is 71.6 Å². The molecule has 2 aromatic carbocycles. The highest BCUT2D eigenvalue weighted by atomic mass is 19.3. The van der Waals surface area contributed by atoms with Gasteiger partial charge in [0.15, 0.2) is 5.82 Å². The number of ether oxygens (including phenoxy) is 1. The number of hydrogen-bond acceptors (Lipinski definition) is 6. The van der Waals surface area contributed by atoms with Gasteiger partial charge in [-0.25, -0.2) is 15.0 Å². The number of rotatable bonds is 4. The van der Waals surface area contributed by atoms with E-state index in [2.05, 4.69) is 14.5 Å². The number of hydrogen-bond donors (Lipinski definition) is 2. The van der Waals surface area contributed by atoms with Crippen molar-refractivity contribution in [1.29, 1.82) is 0 Å². The summed E-state index contributed by atoms with van der Waals surface area (Å²) in [4.78, 5) is 13.7. The molecule has 2 atom stereocenters. The predicted octanol–water partition coefficient (Wildman–Crippen LogP) is 4.46. The summed E-state index contributed by atoms with van der Waals surface area (Å²) in [5.74, 6) is 1.73. The lowest BCUT2D eigenvalue weighted by atomic mass is 9.68. The SMILES string of the molecule is CC1(O)CC(O)(c2ncc(-c3ccc4nc5n(c4c3)[C@@H]3C[C@H]5Cc4cccc(OC(F)F)c43)cn2)C1. The van der Waals surface area contributed by atoms with Crippen LogP contribution in [-0.4, -0.2) is 41.9 Å². The largest absolute Gasteiger partial charge is 0.434 e. The lowest BCUT2D eigenvalue weighted by Gasteiger charge is -2.46. The molecule has 2 N–H and O–H groups in total. The molecule has 4 aromatic rings. The molecule has 1 fully saturated rings. The third kappa shape index (κ3) is 3.19. The van der Waals surface area contributed by atoms with Crippen LogP contribution in [0, 0.1) is 0 Å². The van der Waals surface area contributed by atoms with Gasteiger partial charge in [0.05, 0.1) is 22.7 Å². The smallest absolute Gasteiger partial charge is 0.387 e. The van der Waals surface area contributed by atoms with Crippen LogP contribution in [0.4, 0.5) is 8.78 Å². The van der Waals surface area contributed by atoms with Crippen LogP contribution in [0.3, 0.4) is 0 Å². The molecule has 2 bridgehead atoms. The zero-order valence-corrected chi connectivity index (χ0v) is 19.5. The third-order valence-electron chi connectivity index (χ3n) is 7.82. The lowest BCUT2D eigenvalue weighted by molar-refractivity contribution is -0.180. The van der Waals surface area contributed by atoms with Gasteiger partial charge in [-0.15, -0.1) is 0 Å². The fourth-order valence-electron chi connectivity index (χ4n) is 6.50. The van der Waals surface area contributed by atoms with Crippen LogP contribution in [0.1, 0.15) is 60.9 Å². The summed E-state index contributed by atoms with van der Waals surface area (Å²) in [5, 5.41) is 20.7. The van der Waals surface area contributed by atoms with Gasteiger partial charge in [0.25, 0.3) is 0 Å². The first kappa shape index (κ1) is 21.8. The summed E-state index contributed by atoms with van der Waals surface area (Å²) in [6.45, 7) is -1.20. The van der Waals surface area contributed by atoms with Crippen molar-refractivity contribution in [2.75, 3.05) is 0 Å². The van der Waals surface area contributed by atoms with E-state index in [9.17, 15) is 19.0 Å². The van der Waals surface area contributed by atoms with Crippen molar-refractivity contribution in [1.82, 2.24) is 19.5 Å². The lowest BCUT2D eigenvalue weighted by Crippen LogP contribution is -2.53. The fraction of sp³-hybridized carbons (Fsp3) is 0.370. The Morgan fingerprint density at radius 2 is 1.86 bits per heavy atom. The average Bonchev–Trinajstić information content (AvgIpc) is 3.33. The van der Waals surface area contributed by atoms with E-state index < -0.39 is 17.8 Å². The van der Waals surface area contributed by atoms with E-state index >= 15 is 0 Å². The molecule has 3 heterocycles. The highest BCUT2D eigenvalue weighted by molar-refractivity contribution is 5.83. The van der Waals surface area contributed by atoms with Crippen LogP contribution in [0.2, 0.25) is 0 Å². The van der Waals surface area contributed by atoms with Gasteiger partial charge in [-0.1, -0.05) is 18.2 Å². The van der Waals surface area contributed by atoms with E-state index in [1.165, 1.54) is 0 Å². The number of imidazole rings is 1. The summed E-state index contributed by atoms with van der Waals surface area (Å²) in [6.07, 6.45) is 5.31. The van der Waals surface area contributed by atoms with Crippen LogP contribution in [0.25, 0.3) is 22.2 Å². The Morgan fingerprint density at radius 1 is 1.08 bits per heavy atom. The van der Waals surface area contributed by atoms with Gasteiger partial charge >= 0.3 is 6.61 Å². The Labute approximate surface area is 205 Å². The van der Waals surface area contributed by atoms with Crippen LogP contribution in [0.5, 0.6) is 5.75 Å². The fourth-order valence-corrected chi connectivity index (χ4v) is 6.50. The number of benzene rings is 2. The van der Waals surface area contributed by atoms with Gasteiger partial charge in [-0.3, -0.25) is 0 Å². The molecule has 36 heavy (non-hydrogen) atoms. The van der Waals surface area contributed by atoms with E-state index in [4.69, 9.17) is 9.72 Å². The molecule has 7 nitrogen and oxygen atoms in total. The third-order valence-corrected chi connectivity index (χ3v) is 7.82. The van der Waals surface area contributed by atoms with Crippen molar-refractivity contribution in [2.45, 2.75) is 62.4 Å². The molecule has 2 aromatic heterocycles. The van der Waals surface area contributed by atoms with Gasteiger partial charge in [-0.05, 0) is 49.1 Å². The molecule has 0 unspecified atom stereocenters. The standard InChI is InChI=1S/C27H24F2N4O3/c1-26(34)12-27(35,13-26)24-30-10-17(11-31-24)14-5-6-18-19(8-14)33-20-9-16(23(33)32-18)7-15-3-2-4-21(22(15)20)36-25(28)29/h2-6,8,10-11,16,20,25,34-35H,7,9,12-13H2,1H3/t16-,20-,26?,27?/m1/s1. The average molecular weight is 491 g/mol. The van der Waals surface area contributed by atoms with E-state index in [0.29, 0.717) is 5.82 Å². The molecule has 1 saturated carbocycles. The number of nitrogens with zero attached hydrogens (tertiary/aromatic N) is 4. The van der Waals surface area contributed by atoms with Gasteiger partial charge < -0.3 is 19.5 Å². The first-order chi connectivity index (χ1) is 17.2. The van der Waals surface area contributed by atoms with Crippen molar-refractivity contribution in [3.8, 4) is 16.9 Å². The van der Waals surface area contributed by atoms with E-state index in [1.54, 1.807) is 31.5 Å². The second kappa shape index (κ2) is 7.30. The maximum atomic E-state index is 13.1. The maximum absolute atomic E-state index is 13.1. The minimum atomic E-state index is -2.88. The molecule has 3 aliphatic rings. The van der Waals surface area contributed by atoms with Crippen LogP contribution >= 0.6 is 0 Å². The zero-order valence-electron chi connectivity index (χ0n) is 19.5. The first-order valence-electron chi connectivity index (χ1n) is 12.1. The van der Waals surface area contributed by atoms with Crippen molar-refractivity contribution in [2.24, 2.45) is 0 Å². The van der Waals surface area contributed by atoms with Gasteiger partial charge in [-0.2, -0.15) is 8.78 Å². The second-order valence-electron chi connectivity index (χ2n) is 10.6. The minimum Gasteiger partial charge on any atom is -0.434 e. The molecule has 1 aliphatic heterocycles. The van der Waals surface area contributed by atoms with Crippen LogP contribution < -0.4 is 4.74 Å². The molecule has 0 radical (unpaired) electrons. The summed E-state index contributed by atoms with van der Waals surface area (Å²) >= 11 is 0. The van der Waals surface area contributed by atoms with E-state index in [1.807, 2.05) is 24.3 Å². The van der Waals surface area contributed by atoms with Crippen molar-refractivity contribution < 1.29 is 23.7 Å². The molecule has 0 amide bonds. The second-order valence-corrected chi connectivity index (χ2v) is 10.6. The highest BCUT2D eigenvalue weighted by Gasteiger charge is 2.53. The summed E-state index contributed by atoms with van der Waals surface area (Å²) in [5.41, 5.74) is 3.19. The molecule has 9 heteroatoms. The van der Waals surface area contributed by atoms with Crippen molar-refractivity contribution >= 4 is 11.0 Å². The van der Waals surface area contributed by atoms with Crippen LogP contribution in [0.15, 0.2) is 48.8 Å². The van der Waals surface area contributed by atoms with Crippen LogP contribution in [-0.2, 0) is 12.0 Å². The van der Waals surface area contributed by atoms with E-state index in [-0.39, 0.29) is 30.6 Å². The molecule has 0 spiro atoms. The number of fused-ring (bicyclic) bond motifs is 9. The number of aliphatic hydroxyl groups is 2. The summed E-state index contributed by atoms with van der Waals surface area (Å²) < 4.78 is 33.4. The van der Waals surface area contributed by atoms with E-state index in [0.717, 1.165) is 52.0 Å². The first-order valence-corrected chi connectivity index (χ1v) is 12.1. The number of aromatic nitrogens is 4.